The minimum Gasteiger partial charge on any atom is -0.497 e. The number of aliphatic hydroxyl groups excluding tert-OH is 1. The highest BCUT2D eigenvalue weighted by molar-refractivity contribution is 5.46. The highest BCUT2D eigenvalue weighted by Crippen LogP contribution is 2.28. The number of aliphatic hydroxyl groups is 1. The molecule has 0 radical (unpaired) electrons. The summed E-state index contributed by atoms with van der Waals surface area (Å²) >= 11 is 0. The van der Waals surface area contributed by atoms with E-state index in [-0.39, 0.29) is 12.1 Å². The molecule has 0 fully saturated rings. The molecule has 0 aliphatic heterocycles. The van der Waals surface area contributed by atoms with Crippen molar-refractivity contribution in [3.05, 3.63) is 23.3 Å². The van der Waals surface area contributed by atoms with E-state index < -0.39 is 0 Å². The Hall–Kier alpha value is -1.26. The number of methoxy groups -OCH3 is 2. The van der Waals surface area contributed by atoms with Crippen LogP contribution in [0.2, 0.25) is 0 Å². The lowest BCUT2D eigenvalue weighted by atomic mass is 10.0. The molecule has 1 rings (SSSR count). The Bertz CT molecular complexity index is 402. The third-order valence-electron chi connectivity index (χ3n) is 3.00. The topological polar surface area (TPSA) is 50.7 Å². The van der Waals surface area contributed by atoms with Gasteiger partial charge in [0, 0.05) is 23.7 Å². The highest BCUT2D eigenvalue weighted by Gasteiger charge is 2.17. The summed E-state index contributed by atoms with van der Waals surface area (Å²) in [6.45, 7) is 6.67. The number of hydrogen-bond acceptors (Lipinski definition) is 4. The van der Waals surface area contributed by atoms with Crippen LogP contribution in [0, 0.1) is 6.92 Å². The molecule has 0 saturated heterocycles. The third kappa shape index (κ3) is 3.62. The van der Waals surface area contributed by atoms with Crippen LogP contribution in [0.4, 0.5) is 0 Å². The van der Waals surface area contributed by atoms with Gasteiger partial charge >= 0.3 is 0 Å². The van der Waals surface area contributed by atoms with E-state index in [1.807, 2.05) is 32.9 Å². The minimum absolute atomic E-state index is 0.0878. The first-order valence-corrected chi connectivity index (χ1v) is 6.01. The van der Waals surface area contributed by atoms with Gasteiger partial charge in [-0.15, -0.1) is 0 Å². The molecule has 0 amide bonds. The van der Waals surface area contributed by atoms with Crippen LogP contribution in [0.15, 0.2) is 12.1 Å². The third-order valence-corrected chi connectivity index (χ3v) is 3.00. The van der Waals surface area contributed by atoms with Gasteiger partial charge in [-0.25, -0.2) is 0 Å². The number of hydrogen-bond donors (Lipinski definition) is 2. The van der Waals surface area contributed by atoms with Gasteiger partial charge < -0.3 is 19.9 Å². The van der Waals surface area contributed by atoms with Crippen LogP contribution in [0.5, 0.6) is 11.5 Å². The van der Waals surface area contributed by atoms with Crippen LogP contribution in [-0.4, -0.2) is 31.5 Å². The van der Waals surface area contributed by atoms with E-state index in [9.17, 15) is 5.11 Å². The van der Waals surface area contributed by atoms with Crippen LogP contribution >= 0.6 is 0 Å². The summed E-state index contributed by atoms with van der Waals surface area (Å²) in [5.41, 5.74) is 1.88. The van der Waals surface area contributed by atoms with Crippen molar-refractivity contribution >= 4 is 0 Å². The van der Waals surface area contributed by atoms with Gasteiger partial charge in [-0.3, -0.25) is 0 Å². The van der Waals surface area contributed by atoms with Crippen molar-refractivity contribution in [1.82, 2.24) is 5.32 Å². The second-order valence-corrected chi connectivity index (χ2v) is 5.02. The summed E-state index contributed by atoms with van der Waals surface area (Å²) < 4.78 is 10.6. The van der Waals surface area contributed by atoms with Gasteiger partial charge in [0.1, 0.15) is 11.5 Å². The summed E-state index contributed by atoms with van der Waals surface area (Å²) in [6.07, 6.45) is 0. The van der Waals surface area contributed by atoms with Crippen molar-refractivity contribution in [2.45, 2.75) is 32.9 Å². The van der Waals surface area contributed by atoms with Gasteiger partial charge in [0.2, 0.25) is 0 Å². The maximum Gasteiger partial charge on any atom is 0.127 e. The molecule has 0 bridgehead atoms. The molecule has 0 atom stereocenters. The lowest BCUT2D eigenvalue weighted by Gasteiger charge is -2.25. The van der Waals surface area contributed by atoms with Gasteiger partial charge in [0.05, 0.1) is 20.8 Å². The van der Waals surface area contributed by atoms with Crippen LogP contribution in [0.1, 0.15) is 25.0 Å². The number of benzene rings is 1. The van der Waals surface area contributed by atoms with Crippen molar-refractivity contribution in [2.24, 2.45) is 0 Å². The fourth-order valence-electron chi connectivity index (χ4n) is 1.66. The van der Waals surface area contributed by atoms with Crippen molar-refractivity contribution < 1.29 is 14.6 Å². The first-order chi connectivity index (χ1) is 8.43. The highest BCUT2D eigenvalue weighted by atomic mass is 16.5. The van der Waals surface area contributed by atoms with E-state index in [1.165, 1.54) is 0 Å². The molecule has 4 heteroatoms. The number of nitrogens with one attached hydrogen (secondary N) is 1. The largest absolute Gasteiger partial charge is 0.497 e. The molecule has 0 aliphatic rings. The summed E-state index contributed by atoms with van der Waals surface area (Å²) in [5.74, 6) is 1.59. The molecule has 0 saturated carbocycles. The number of ether oxygens (including phenoxy) is 2. The lowest BCUT2D eigenvalue weighted by Crippen LogP contribution is -2.42. The zero-order valence-electron chi connectivity index (χ0n) is 11.8. The van der Waals surface area contributed by atoms with Gasteiger partial charge in [0.15, 0.2) is 0 Å². The molecule has 0 aromatic heterocycles. The fraction of sp³-hybridized carbons (Fsp3) is 0.571. The first-order valence-electron chi connectivity index (χ1n) is 6.01. The Morgan fingerprint density at radius 3 is 2.39 bits per heavy atom. The summed E-state index contributed by atoms with van der Waals surface area (Å²) in [6, 6.07) is 3.85. The predicted molar refractivity (Wildman–Crippen MR) is 72.3 cm³/mol. The van der Waals surface area contributed by atoms with E-state index in [2.05, 4.69) is 5.32 Å². The van der Waals surface area contributed by atoms with Gasteiger partial charge in [-0.05, 0) is 32.4 Å². The van der Waals surface area contributed by atoms with E-state index in [1.54, 1.807) is 14.2 Å². The molecule has 0 unspecified atom stereocenters. The van der Waals surface area contributed by atoms with Crippen LogP contribution < -0.4 is 14.8 Å². The molecular weight excluding hydrogens is 230 g/mol. The van der Waals surface area contributed by atoms with Crippen molar-refractivity contribution in [3.63, 3.8) is 0 Å². The molecular formula is C14H23NO3. The molecule has 0 aliphatic carbocycles. The SMILES string of the molecule is COc1cc(C)c(CNC(C)(C)CO)c(OC)c1. The summed E-state index contributed by atoms with van der Waals surface area (Å²) in [7, 11) is 3.29. The first kappa shape index (κ1) is 14.8. The zero-order valence-corrected chi connectivity index (χ0v) is 11.8. The normalized spacial score (nSPS) is 11.4. The Morgan fingerprint density at radius 1 is 1.22 bits per heavy atom. The van der Waals surface area contributed by atoms with E-state index in [4.69, 9.17) is 9.47 Å². The molecule has 1 aromatic rings. The van der Waals surface area contributed by atoms with Gasteiger partial charge in [-0.1, -0.05) is 0 Å². The molecule has 2 N–H and O–H groups in total. The smallest absolute Gasteiger partial charge is 0.127 e. The quantitative estimate of drug-likeness (QED) is 0.812. The molecule has 1 aromatic carbocycles. The van der Waals surface area contributed by atoms with E-state index in [0.717, 1.165) is 22.6 Å². The van der Waals surface area contributed by atoms with Gasteiger partial charge in [0.25, 0.3) is 0 Å². The van der Waals surface area contributed by atoms with E-state index >= 15 is 0 Å². The summed E-state index contributed by atoms with van der Waals surface area (Å²) in [5, 5.41) is 12.5. The molecule has 4 nitrogen and oxygen atoms in total. The van der Waals surface area contributed by atoms with Gasteiger partial charge in [-0.2, -0.15) is 0 Å². The monoisotopic (exact) mass is 253 g/mol. The zero-order chi connectivity index (χ0) is 13.8. The second-order valence-electron chi connectivity index (χ2n) is 5.02. The Morgan fingerprint density at radius 2 is 1.89 bits per heavy atom. The average molecular weight is 253 g/mol. The second kappa shape index (κ2) is 6.07. The average Bonchev–Trinajstić information content (AvgIpc) is 2.36. The molecule has 0 spiro atoms. The van der Waals surface area contributed by atoms with Crippen LogP contribution in [0.3, 0.4) is 0 Å². The summed E-state index contributed by atoms with van der Waals surface area (Å²) in [4.78, 5) is 0. The number of aryl methyl sites for hydroxylation is 1. The molecule has 0 heterocycles. The Kier molecular flexibility index (Phi) is 4.99. The van der Waals surface area contributed by atoms with E-state index in [0.29, 0.717) is 6.54 Å². The maximum atomic E-state index is 9.24. The van der Waals surface area contributed by atoms with Crippen LogP contribution in [-0.2, 0) is 6.54 Å². The number of rotatable bonds is 6. The molecule has 18 heavy (non-hydrogen) atoms. The standard InChI is InChI=1S/C14H23NO3/c1-10-6-11(17-4)7-13(18-5)12(10)8-15-14(2,3)9-16/h6-7,15-16H,8-9H2,1-5H3. The van der Waals surface area contributed by atoms with Crippen molar-refractivity contribution in [1.29, 1.82) is 0 Å². The Balaban J connectivity index is 2.94. The lowest BCUT2D eigenvalue weighted by molar-refractivity contribution is 0.187. The van der Waals surface area contributed by atoms with Crippen molar-refractivity contribution in [3.8, 4) is 11.5 Å². The Labute approximate surface area is 109 Å². The van der Waals surface area contributed by atoms with Crippen LogP contribution in [0.25, 0.3) is 0 Å². The predicted octanol–water partition coefficient (Wildman–Crippen LogP) is 1.87. The van der Waals surface area contributed by atoms with Crippen molar-refractivity contribution in [2.75, 3.05) is 20.8 Å². The maximum absolute atomic E-state index is 9.24. The fourth-order valence-corrected chi connectivity index (χ4v) is 1.66. The minimum atomic E-state index is -0.308. The molecule has 102 valence electrons.